The number of carbonyl (C=O) groups is 1. The summed E-state index contributed by atoms with van der Waals surface area (Å²) in [4.78, 5) is 12.4. The van der Waals surface area contributed by atoms with Crippen molar-refractivity contribution in [2.45, 2.75) is 13.0 Å². The van der Waals surface area contributed by atoms with Gasteiger partial charge in [-0.1, -0.05) is 23.7 Å². The summed E-state index contributed by atoms with van der Waals surface area (Å²) in [5, 5.41) is 3.64. The van der Waals surface area contributed by atoms with E-state index in [9.17, 15) is 4.79 Å². The molecule has 4 nitrogen and oxygen atoms in total. The van der Waals surface area contributed by atoms with Gasteiger partial charge in [0.25, 0.3) is 0 Å². The number of fused-ring (bicyclic) bond motifs is 1. The lowest BCUT2D eigenvalue weighted by Crippen LogP contribution is -2.37. The van der Waals surface area contributed by atoms with Crippen LogP contribution >= 0.6 is 11.6 Å². The highest BCUT2D eigenvalue weighted by atomic mass is 35.5. The fourth-order valence-corrected chi connectivity index (χ4v) is 2.73. The van der Waals surface area contributed by atoms with Gasteiger partial charge in [0.15, 0.2) is 0 Å². The van der Waals surface area contributed by atoms with Crippen LogP contribution in [0, 0.1) is 5.92 Å². The van der Waals surface area contributed by atoms with Gasteiger partial charge in [-0.3, -0.25) is 4.79 Å². The molecule has 1 amide bonds. The monoisotopic (exact) mass is 331 g/mol. The van der Waals surface area contributed by atoms with Crippen LogP contribution in [0.2, 0.25) is 5.02 Å². The highest BCUT2D eigenvalue weighted by Gasteiger charge is 2.26. The van der Waals surface area contributed by atoms with Crippen LogP contribution < -0.4 is 14.8 Å². The molecule has 0 aliphatic carbocycles. The van der Waals surface area contributed by atoms with Crippen molar-refractivity contribution in [1.29, 1.82) is 0 Å². The van der Waals surface area contributed by atoms with E-state index in [2.05, 4.69) is 5.32 Å². The molecule has 5 heteroatoms. The molecule has 0 aromatic heterocycles. The fourth-order valence-electron chi connectivity index (χ4n) is 2.60. The molecule has 1 aliphatic heterocycles. The third kappa shape index (κ3) is 3.77. The van der Waals surface area contributed by atoms with Crippen molar-refractivity contribution in [3.8, 4) is 11.5 Å². The molecule has 3 rings (SSSR count). The second-order valence-electron chi connectivity index (χ2n) is 5.53. The van der Waals surface area contributed by atoms with Gasteiger partial charge in [0.1, 0.15) is 18.1 Å². The van der Waals surface area contributed by atoms with E-state index in [1.807, 2.05) is 42.5 Å². The number of rotatable bonds is 4. The lowest BCUT2D eigenvalue weighted by Gasteiger charge is -2.25. The Kier molecular flexibility index (Phi) is 4.72. The minimum Gasteiger partial charge on any atom is -0.497 e. The minimum absolute atomic E-state index is 0.00609. The van der Waals surface area contributed by atoms with Crippen LogP contribution in [-0.2, 0) is 17.8 Å². The van der Waals surface area contributed by atoms with Gasteiger partial charge in [0, 0.05) is 11.6 Å². The number of ether oxygens (including phenoxy) is 2. The molecule has 0 bridgehead atoms. The number of carbonyl (C=O) groups excluding carboxylic acids is 1. The van der Waals surface area contributed by atoms with Crippen LogP contribution in [0.25, 0.3) is 0 Å². The minimum atomic E-state index is -0.193. The third-order valence-corrected chi connectivity index (χ3v) is 4.18. The van der Waals surface area contributed by atoms with Crippen molar-refractivity contribution < 1.29 is 14.3 Å². The highest BCUT2D eigenvalue weighted by Crippen LogP contribution is 2.30. The molecule has 0 spiro atoms. The first-order valence-corrected chi connectivity index (χ1v) is 7.85. The summed E-state index contributed by atoms with van der Waals surface area (Å²) in [6.45, 7) is 0.878. The maximum Gasteiger partial charge on any atom is 0.227 e. The van der Waals surface area contributed by atoms with Crippen molar-refractivity contribution in [2.75, 3.05) is 13.7 Å². The summed E-state index contributed by atoms with van der Waals surface area (Å²) in [6.07, 6.45) is 0.652. The Bertz CT molecular complexity index is 700. The lowest BCUT2D eigenvalue weighted by molar-refractivity contribution is -0.126. The summed E-state index contributed by atoms with van der Waals surface area (Å²) < 4.78 is 10.9. The number of nitrogens with one attached hydrogen (secondary N) is 1. The van der Waals surface area contributed by atoms with Gasteiger partial charge in [0.2, 0.25) is 5.91 Å². The average molecular weight is 332 g/mol. The summed E-state index contributed by atoms with van der Waals surface area (Å²) >= 11 is 5.85. The van der Waals surface area contributed by atoms with E-state index in [0.717, 1.165) is 22.6 Å². The predicted molar refractivity (Wildman–Crippen MR) is 89.0 cm³/mol. The first-order valence-electron chi connectivity index (χ1n) is 7.47. The van der Waals surface area contributed by atoms with Crippen LogP contribution in [0.4, 0.5) is 0 Å². The second kappa shape index (κ2) is 6.92. The molecule has 23 heavy (non-hydrogen) atoms. The Labute approximate surface area is 140 Å². The van der Waals surface area contributed by atoms with E-state index < -0.39 is 0 Å². The van der Waals surface area contributed by atoms with Crippen LogP contribution in [0.1, 0.15) is 11.1 Å². The molecule has 0 saturated carbocycles. The zero-order valence-electron chi connectivity index (χ0n) is 12.8. The maximum atomic E-state index is 12.4. The Hall–Kier alpha value is -2.20. The molecule has 1 atom stereocenters. The van der Waals surface area contributed by atoms with E-state index in [4.69, 9.17) is 21.1 Å². The lowest BCUT2D eigenvalue weighted by atomic mass is 9.95. The summed E-state index contributed by atoms with van der Waals surface area (Å²) in [5.74, 6) is 1.40. The van der Waals surface area contributed by atoms with Gasteiger partial charge >= 0.3 is 0 Å². The molecule has 0 unspecified atom stereocenters. The smallest absolute Gasteiger partial charge is 0.227 e. The molecule has 0 saturated heterocycles. The van der Waals surface area contributed by atoms with Crippen LogP contribution in [0.5, 0.6) is 11.5 Å². The van der Waals surface area contributed by atoms with E-state index in [0.29, 0.717) is 24.6 Å². The van der Waals surface area contributed by atoms with Gasteiger partial charge in [-0.05, 0) is 47.9 Å². The van der Waals surface area contributed by atoms with E-state index in [1.54, 1.807) is 7.11 Å². The summed E-state index contributed by atoms with van der Waals surface area (Å²) in [6, 6.07) is 13.1. The quantitative estimate of drug-likeness (QED) is 0.935. The Balaban J connectivity index is 1.61. The van der Waals surface area contributed by atoms with Crippen LogP contribution in [0.3, 0.4) is 0 Å². The fraction of sp³-hybridized carbons (Fsp3) is 0.278. The molecule has 1 N–H and O–H groups in total. The summed E-state index contributed by atoms with van der Waals surface area (Å²) in [7, 11) is 1.63. The topological polar surface area (TPSA) is 47.6 Å². The Morgan fingerprint density at radius 2 is 2.09 bits per heavy atom. The molecular formula is C18H18ClNO3. The van der Waals surface area contributed by atoms with Crippen molar-refractivity contribution in [3.05, 3.63) is 58.6 Å². The number of amides is 1. The molecule has 1 aliphatic rings. The van der Waals surface area contributed by atoms with E-state index >= 15 is 0 Å². The first-order chi connectivity index (χ1) is 11.2. The molecule has 0 fully saturated rings. The molecule has 0 radical (unpaired) electrons. The standard InChI is InChI=1S/C18H18ClNO3/c1-22-16-6-7-17-13(9-16)8-14(11-23-17)18(21)20-10-12-2-4-15(19)5-3-12/h2-7,9,14H,8,10-11H2,1H3,(H,20,21)/t14-/m1/s1. The van der Waals surface area contributed by atoms with Crippen molar-refractivity contribution in [1.82, 2.24) is 5.32 Å². The molecule has 120 valence electrons. The number of hydrogen-bond donors (Lipinski definition) is 1. The Morgan fingerprint density at radius 3 is 2.83 bits per heavy atom. The molecule has 1 heterocycles. The largest absolute Gasteiger partial charge is 0.497 e. The van der Waals surface area contributed by atoms with Gasteiger partial charge in [-0.25, -0.2) is 0 Å². The van der Waals surface area contributed by atoms with Crippen molar-refractivity contribution >= 4 is 17.5 Å². The number of hydrogen-bond acceptors (Lipinski definition) is 3. The van der Waals surface area contributed by atoms with Gasteiger partial charge < -0.3 is 14.8 Å². The van der Waals surface area contributed by atoms with Gasteiger partial charge in [-0.15, -0.1) is 0 Å². The zero-order chi connectivity index (χ0) is 16.2. The average Bonchev–Trinajstić information content (AvgIpc) is 2.60. The normalized spacial score (nSPS) is 16.2. The number of benzene rings is 2. The van der Waals surface area contributed by atoms with Gasteiger partial charge in [-0.2, -0.15) is 0 Å². The van der Waals surface area contributed by atoms with Crippen LogP contribution in [0.15, 0.2) is 42.5 Å². The third-order valence-electron chi connectivity index (χ3n) is 3.92. The second-order valence-corrected chi connectivity index (χ2v) is 5.97. The van der Waals surface area contributed by atoms with Crippen molar-refractivity contribution in [3.63, 3.8) is 0 Å². The predicted octanol–water partition coefficient (Wildman–Crippen LogP) is 3.22. The number of halogens is 1. The maximum absolute atomic E-state index is 12.4. The Morgan fingerprint density at radius 1 is 1.30 bits per heavy atom. The van der Waals surface area contributed by atoms with E-state index in [1.165, 1.54) is 0 Å². The van der Waals surface area contributed by atoms with Gasteiger partial charge in [0.05, 0.1) is 13.0 Å². The SMILES string of the molecule is COc1ccc2c(c1)C[C@@H](C(=O)NCc1ccc(Cl)cc1)CO2. The summed E-state index contributed by atoms with van der Waals surface area (Å²) in [5.41, 5.74) is 2.02. The highest BCUT2D eigenvalue weighted by molar-refractivity contribution is 6.30. The van der Waals surface area contributed by atoms with Crippen molar-refractivity contribution in [2.24, 2.45) is 5.92 Å². The zero-order valence-corrected chi connectivity index (χ0v) is 13.6. The number of methoxy groups -OCH3 is 1. The van der Waals surface area contributed by atoms with E-state index in [-0.39, 0.29) is 11.8 Å². The first kappa shape index (κ1) is 15.7. The molecule has 2 aromatic rings. The van der Waals surface area contributed by atoms with Crippen LogP contribution in [-0.4, -0.2) is 19.6 Å². The molecule has 2 aromatic carbocycles. The molecular weight excluding hydrogens is 314 g/mol.